The fraction of sp³-hybridized carbons (Fsp3) is 0.333. The lowest BCUT2D eigenvalue weighted by Crippen LogP contribution is -2.00. The summed E-state index contributed by atoms with van der Waals surface area (Å²) in [5, 5.41) is 7.32. The molecule has 0 saturated heterocycles. The van der Waals surface area contributed by atoms with Crippen LogP contribution in [0.25, 0.3) is 0 Å². The number of ether oxygens (including phenoxy) is 1. The van der Waals surface area contributed by atoms with Crippen LogP contribution in [0.5, 0.6) is 0 Å². The van der Waals surface area contributed by atoms with Gasteiger partial charge in [-0.25, -0.2) is 9.78 Å². The van der Waals surface area contributed by atoms with E-state index in [0.717, 1.165) is 0 Å². The van der Waals surface area contributed by atoms with Gasteiger partial charge in [-0.2, -0.15) is 4.98 Å². The molecule has 0 aliphatic rings. The van der Waals surface area contributed by atoms with E-state index in [1.807, 2.05) is 0 Å². The van der Waals surface area contributed by atoms with Crippen LogP contribution < -0.4 is 5.32 Å². The molecule has 0 amide bonds. The number of hydrogen-bond donors (Lipinski definition) is 1. The maximum Gasteiger partial charge on any atom is 0.349 e. The number of carbonyl (C=O) groups excluding carboxylic acids is 1. The van der Waals surface area contributed by atoms with Gasteiger partial charge in [-0.05, 0) is 0 Å². The van der Waals surface area contributed by atoms with E-state index in [9.17, 15) is 4.79 Å². The Bertz CT molecular complexity index is 522. The molecule has 0 unspecified atom stereocenters. The molecule has 0 spiro atoms. The number of carbonyl (C=O) groups is 1. The van der Waals surface area contributed by atoms with Crippen LogP contribution in [0.4, 0.5) is 5.13 Å². The van der Waals surface area contributed by atoms with Gasteiger partial charge >= 0.3 is 5.97 Å². The van der Waals surface area contributed by atoms with E-state index in [4.69, 9.17) is 4.52 Å². The fourth-order valence-electron chi connectivity index (χ4n) is 1.12. The molecule has 0 atom stereocenters. The number of nitrogens with zero attached hydrogens (tertiary/aromatic N) is 3. The highest BCUT2D eigenvalue weighted by Gasteiger charge is 2.10. The highest BCUT2D eigenvalue weighted by molar-refractivity contribution is 7.17. The van der Waals surface area contributed by atoms with Crippen molar-refractivity contribution in [1.82, 2.24) is 15.1 Å². The van der Waals surface area contributed by atoms with E-state index >= 15 is 0 Å². The zero-order chi connectivity index (χ0) is 12.3. The minimum atomic E-state index is -0.397. The Labute approximate surface area is 101 Å². The largest absolute Gasteiger partial charge is 0.465 e. The summed E-state index contributed by atoms with van der Waals surface area (Å²) < 4.78 is 9.40. The van der Waals surface area contributed by atoms with Crippen LogP contribution in [0.3, 0.4) is 0 Å². The third kappa shape index (κ3) is 2.78. The zero-order valence-corrected chi connectivity index (χ0v) is 10.1. The van der Waals surface area contributed by atoms with E-state index < -0.39 is 5.97 Å². The third-order valence-corrected chi connectivity index (χ3v) is 2.79. The Hall–Kier alpha value is -1.96. The summed E-state index contributed by atoms with van der Waals surface area (Å²) >= 11 is 1.21. The number of aryl methyl sites for hydroxylation is 1. The predicted molar refractivity (Wildman–Crippen MR) is 59.8 cm³/mol. The highest BCUT2D eigenvalue weighted by atomic mass is 32.1. The topological polar surface area (TPSA) is 90.1 Å². The van der Waals surface area contributed by atoms with Crippen LogP contribution in [0, 0.1) is 6.92 Å². The Kier molecular flexibility index (Phi) is 3.33. The van der Waals surface area contributed by atoms with Gasteiger partial charge in [0, 0.05) is 6.92 Å². The number of thiazole rings is 1. The quantitative estimate of drug-likeness (QED) is 0.820. The van der Waals surface area contributed by atoms with Gasteiger partial charge in [0.2, 0.25) is 5.89 Å². The predicted octanol–water partition coefficient (Wildman–Crippen LogP) is 1.23. The molecule has 2 aromatic heterocycles. The molecule has 0 aliphatic heterocycles. The average Bonchev–Trinajstić information content (AvgIpc) is 2.94. The fourth-order valence-corrected chi connectivity index (χ4v) is 1.85. The highest BCUT2D eigenvalue weighted by Crippen LogP contribution is 2.19. The van der Waals surface area contributed by atoms with Crippen molar-refractivity contribution in [3.63, 3.8) is 0 Å². The van der Waals surface area contributed by atoms with E-state index in [0.29, 0.717) is 28.3 Å². The number of nitrogens with one attached hydrogen (secondary N) is 1. The summed E-state index contributed by atoms with van der Waals surface area (Å²) in [6, 6.07) is 0. The molecule has 2 heterocycles. The molecule has 2 rings (SSSR count). The molecule has 17 heavy (non-hydrogen) atoms. The molecular weight excluding hydrogens is 244 g/mol. The van der Waals surface area contributed by atoms with Crippen LogP contribution in [0.2, 0.25) is 0 Å². The van der Waals surface area contributed by atoms with Gasteiger partial charge < -0.3 is 14.6 Å². The van der Waals surface area contributed by atoms with Crippen molar-refractivity contribution >= 4 is 22.4 Å². The molecule has 0 bridgehead atoms. The normalized spacial score (nSPS) is 10.2. The average molecular weight is 254 g/mol. The minimum Gasteiger partial charge on any atom is -0.465 e. The smallest absolute Gasteiger partial charge is 0.349 e. The second kappa shape index (κ2) is 4.91. The number of esters is 1. The Morgan fingerprint density at radius 2 is 2.47 bits per heavy atom. The summed E-state index contributed by atoms with van der Waals surface area (Å²) in [4.78, 5) is 19.7. The minimum absolute atomic E-state index is 0.394. The van der Waals surface area contributed by atoms with Gasteiger partial charge in [-0.15, -0.1) is 0 Å². The first-order chi connectivity index (χ1) is 8.19. The van der Waals surface area contributed by atoms with Gasteiger partial charge in [0.1, 0.15) is 4.88 Å². The molecule has 0 saturated carbocycles. The number of aromatic nitrogens is 3. The Balaban J connectivity index is 1.95. The molecule has 1 N–H and O–H groups in total. The Morgan fingerprint density at radius 3 is 3.12 bits per heavy atom. The van der Waals surface area contributed by atoms with Crippen molar-refractivity contribution in [1.29, 1.82) is 0 Å². The van der Waals surface area contributed by atoms with Gasteiger partial charge in [-0.1, -0.05) is 16.5 Å². The molecule has 2 aromatic rings. The van der Waals surface area contributed by atoms with Crippen LogP contribution >= 0.6 is 11.3 Å². The molecule has 0 radical (unpaired) electrons. The lowest BCUT2D eigenvalue weighted by Gasteiger charge is -1.96. The van der Waals surface area contributed by atoms with Crippen LogP contribution in [0.1, 0.15) is 21.4 Å². The SMILES string of the molecule is COC(=O)c1cnc(NCc2noc(C)n2)s1. The summed E-state index contributed by atoms with van der Waals surface area (Å²) in [5.74, 6) is 0.652. The standard InChI is InChI=1S/C9H10N4O3S/c1-5-12-7(13-16-5)4-11-9-10-3-6(17-9)8(14)15-2/h3H,4H2,1-2H3,(H,10,11). The number of rotatable bonds is 4. The number of hydrogen-bond acceptors (Lipinski definition) is 8. The van der Waals surface area contributed by atoms with Crippen molar-refractivity contribution in [3.05, 3.63) is 22.8 Å². The first kappa shape index (κ1) is 11.5. The van der Waals surface area contributed by atoms with Crippen molar-refractivity contribution in [2.24, 2.45) is 0 Å². The number of methoxy groups -OCH3 is 1. The van der Waals surface area contributed by atoms with Gasteiger partial charge in [0.05, 0.1) is 19.9 Å². The second-order valence-corrected chi connectivity index (χ2v) is 4.14. The van der Waals surface area contributed by atoms with Crippen molar-refractivity contribution in [3.8, 4) is 0 Å². The van der Waals surface area contributed by atoms with Crippen molar-refractivity contribution < 1.29 is 14.1 Å². The zero-order valence-electron chi connectivity index (χ0n) is 9.26. The van der Waals surface area contributed by atoms with E-state index in [1.165, 1.54) is 24.6 Å². The molecule has 0 aliphatic carbocycles. The van der Waals surface area contributed by atoms with Crippen LogP contribution in [-0.4, -0.2) is 28.2 Å². The summed E-state index contributed by atoms with van der Waals surface area (Å²) in [6.45, 7) is 2.11. The maximum absolute atomic E-state index is 11.2. The first-order valence-corrected chi connectivity index (χ1v) is 5.58. The van der Waals surface area contributed by atoms with E-state index in [1.54, 1.807) is 6.92 Å². The van der Waals surface area contributed by atoms with Crippen LogP contribution in [0.15, 0.2) is 10.7 Å². The first-order valence-electron chi connectivity index (χ1n) is 4.76. The molecular formula is C9H10N4O3S. The van der Waals surface area contributed by atoms with Gasteiger partial charge in [0.15, 0.2) is 11.0 Å². The third-order valence-electron chi connectivity index (χ3n) is 1.86. The summed E-state index contributed by atoms with van der Waals surface area (Å²) in [6.07, 6.45) is 1.46. The van der Waals surface area contributed by atoms with E-state index in [2.05, 4.69) is 25.2 Å². The maximum atomic E-state index is 11.2. The van der Waals surface area contributed by atoms with Gasteiger partial charge in [0.25, 0.3) is 0 Å². The lowest BCUT2D eigenvalue weighted by molar-refractivity contribution is 0.0606. The monoisotopic (exact) mass is 254 g/mol. The van der Waals surface area contributed by atoms with Crippen molar-refractivity contribution in [2.45, 2.75) is 13.5 Å². The molecule has 90 valence electrons. The molecule has 0 aromatic carbocycles. The second-order valence-electron chi connectivity index (χ2n) is 3.10. The van der Waals surface area contributed by atoms with E-state index in [-0.39, 0.29) is 0 Å². The van der Waals surface area contributed by atoms with Crippen molar-refractivity contribution in [2.75, 3.05) is 12.4 Å². The summed E-state index contributed by atoms with van der Waals surface area (Å²) in [5.41, 5.74) is 0. The molecule has 8 heteroatoms. The molecule has 7 nitrogen and oxygen atoms in total. The summed E-state index contributed by atoms with van der Waals surface area (Å²) in [7, 11) is 1.33. The van der Waals surface area contributed by atoms with Crippen LogP contribution in [-0.2, 0) is 11.3 Å². The Morgan fingerprint density at radius 1 is 1.65 bits per heavy atom. The van der Waals surface area contributed by atoms with Gasteiger partial charge in [-0.3, -0.25) is 0 Å². The molecule has 0 fully saturated rings. The number of anilines is 1. The lowest BCUT2D eigenvalue weighted by atomic mass is 10.6.